The molecule has 0 unspecified atom stereocenters. The van der Waals surface area contributed by atoms with Gasteiger partial charge in [0.1, 0.15) is 13.2 Å². The van der Waals surface area contributed by atoms with Crippen LogP contribution in [0.15, 0.2) is 24.3 Å². The van der Waals surface area contributed by atoms with E-state index >= 15 is 0 Å². The number of carbonyl (C=O) groups is 2. The van der Waals surface area contributed by atoms with E-state index in [2.05, 4.69) is 13.2 Å². The highest BCUT2D eigenvalue weighted by Crippen LogP contribution is 2.44. The van der Waals surface area contributed by atoms with Crippen molar-refractivity contribution in [1.82, 2.24) is 0 Å². The molecule has 0 bridgehead atoms. The van der Waals surface area contributed by atoms with Crippen LogP contribution in [0.2, 0.25) is 20.1 Å². The molecular weight excluding hydrogens is 510 g/mol. The Labute approximate surface area is 205 Å². The fourth-order valence-corrected chi connectivity index (χ4v) is 4.53. The van der Waals surface area contributed by atoms with Gasteiger partial charge in [0, 0.05) is 45.3 Å². The van der Waals surface area contributed by atoms with E-state index in [1.807, 2.05) is 0 Å². The van der Waals surface area contributed by atoms with Gasteiger partial charge >= 0.3 is 11.9 Å². The summed E-state index contributed by atoms with van der Waals surface area (Å²) in [5.74, 6) is 3.53. The zero-order valence-corrected chi connectivity index (χ0v) is 21.0. The molecule has 0 aliphatic rings. The summed E-state index contributed by atoms with van der Waals surface area (Å²) in [6.07, 6.45) is 0. The molecule has 0 aromatic heterocycles. The smallest absolute Gasteiger partial charge is 0.333 e. The molecule has 0 aliphatic carbocycles. The maximum atomic E-state index is 11.3. The average Bonchev–Trinajstić information content (AvgIpc) is 2.69. The van der Waals surface area contributed by atoms with Crippen LogP contribution in [0.1, 0.15) is 25.0 Å². The number of hydrogen-bond acceptors (Lipinski definition) is 6. The van der Waals surface area contributed by atoms with Crippen LogP contribution < -0.4 is 0 Å². The number of esters is 2. The van der Waals surface area contributed by atoms with Gasteiger partial charge in [0.25, 0.3) is 0 Å². The van der Waals surface area contributed by atoms with Crippen molar-refractivity contribution in [1.29, 1.82) is 0 Å². The van der Waals surface area contributed by atoms with Gasteiger partial charge in [0.15, 0.2) is 0 Å². The molecule has 0 saturated carbocycles. The van der Waals surface area contributed by atoms with Gasteiger partial charge in [-0.2, -0.15) is 0 Å². The third kappa shape index (κ3) is 8.56. The van der Waals surface area contributed by atoms with E-state index < -0.39 is 11.9 Å². The van der Waals surface area contributed by atoms with E-state index in [0.717, 1.165) is 0 Å². The lowest BCUT2D eigenvalue weighted by Gasteiger charge is -2.15. The fourth-order valence-electron chi connectivity index (χ4n) is 1.77. The number of rotatable bonds is 12. The highest BCUT2D eigenvalue weighted by molar-refractivity contribution is 8.01. The highest BCUT2D eigenvalue weighted by atomic mass is 35.5. The van der Waals surface area contributed by atoms with Crippen molar-refractivity contribution in [2.45, 2.75) is 13.8 Å². The molecule has 30 heavy (non-hydrogen) atoms. The Hall–Kier alpha value is -0.500. The quantitative estimate of drug-likeness (QED) is 0.125. The van der Waals surface area contributed by atoms with Gasteiger partial charge in [-0.15, -0.1) is 23.5 Å². The summed E-state index contributed by atoms with van der Waals surface area (Å²) in [7, 11) is 0. The molecule has 0 aliphatic heterocycles. The van der Waals surface area contributed by atoms with Gasteiger partial charge in [0.05, 0.1) is 20.1 Å². The topological polar surface area (TPSA) is 52.6 Å². The van der Waals surface area contributed by atoms with Gasteiger partial charge < -0.3 is 9.47 Å². The van der Waals surface area contributed by atoms with Crippen molar-refractivity contribution < 1.29 is 19.1 Å². The van der Waals surface area contributed by atoms with Crippen molar-refractivity contribution in [2.24, 2.45) is 0 Å². The van der Waals surface area contributed by atoms with E-state index in [9.17, 15) is 9.59 Å². The van der Waals surface area contributed by atoms with E-state index in [4.69, 9.17) is 55.9 Å². The summed E-state index contributed by atoms with van der Waals surface area (Å²) in [6, 6.07) is 0. The second-order valence-electron chi connectivity index (χ2n) is 5.89. The predicted octanol–water partition coefficient (Wildman–Crippen LogP) is 7.02. The largest absolute Gasteiger partial charge is 0.461 e. The number of ether oxygens (including phenoxy) is 2. The first-order valence-electron chi connectivity index (χ1n) is 8.48. The van der Waals surface area contributed by atoms with Gasteiger partial charge in [-0.05, 0) is 13.8 Å². The van der Waals surface area contributed by atoms with Gasteiger partial charge in [-0.3, -0.25) is 0 Å². The van der Waals surface area contributed by atoms with Crippen LogP contribution in [0.3, 0.4) is 0 Å². The molecule has 1 aromatic carbocycles. The third-order valence-corrected chi connectivity index (χ3v) is 6.67. The van der Waals surface area contributed by atoms with Crippen molar-refractivity contribution >= 4 is 81.9 Å². The molecule has 0 spiro atoms. The minimum Gasteiger partial charge on any atom is -0.461 e. The molecule has 0 saturated heterocycles. The normalized spacial score (nSPS) is 10.6. The minimum absolute atomic E-state index is 0.210. The average molecular weight is 530 g/mol. The molecule has 164 valence electrons. The Balaban J connectivity index is 2.63. The first kappa shape index (κ1) is 27.5. The summed E-state index contributed by atoms with van der Waals surface area (Å²) in [4.78, 5) is 22.7. The van der Waals surface area contributed by atoms with Crippen molar-refractivity contribution in [3.8, 4) is 0 Å². The lowest BCUT2D eigenvalue weighted by atomic mass is 10.1. The van der Waals surface area contributed by atoms with Crippen LogP contribution in [-0.2, 0) is 19.1 Å². The second-order valence-corrected chi connectivity index (χ2v) is 9.36. The predicted molar refractivity (Wildman–Crippen MR) is 130 cm³/mol. The molecule has 2 radical (unpaired) electrons. The van der Waals surface area contributed by atoms with Gasteiger partial charge in [0.2, 0.25) is 0 Å². The van der Waals surface area contributed by atoms with E-state index in [1.54, 1.807) is 25.4 Å². The van der Waals surface area contributed by atoms with Crippen molar-refractivity contribution in [2.75, 3.05) is 24.7 Å². The Kier molecular flexibility index (Phi) is 12.7. The summed E-state index contributed by atoms with van der Waals surface area (Å²) in [6.45, 7) is 10.6. The van der Waals surface area contributed by atoms with E-state index in [1.165, 1.54) is 23.5 Å². The van der Waals surface area contributed by atoms with Crippen LogP contribution in [0, 0.1) is 11.5 Å². The third-order valence-electron chi connectivity index (χ3n) is 3.30. The summed E-state index contributed by atoms with van der Waals surface area (Å²) >= 11 is 28.2. The van der Waals surface area contributed by atoms with Crippen LogP contribution in [0.25, 0.3) is 0 Å². The maximum absolute atomic E-state index is 11.3. The zero-order chi connectivity index (χ0) is 22.8. The van der Waals surface area contributed by atoms with Gasteiger partial charge in [-0.25, -0.2) is 9.59 Å². The Morgan fingerprint density at radius 2 is 1.07 bits per heavy atom. The Morgan fingerprint density at radius 3 is 1.33 bits per heavy atom. The maximum Gasteiger partial charge on any atom is 0.333 e. The number of halogens is 4. The van der Waals surface area contributed by atoms with Crippen LogP contribution in [0.5, 0.6) is 0 Å². The van der Waals surface area contributed by atoms with E-state index in [-0.39, 0.29) is 33.3 Å². The SMILES string of the molecule is C=C(C)C(=O)OCCS[CH]c1c(Cl)c(Cl)c([CH]SCCOC(=O)C(=C)C)c(Cl)c1Cl. The van der Waals surface area contributed by atoms with Crippen molar-refractivity contribution in [3.63, 3.8) is 0 Å². The number of benzene rings is 1. The number of thioether (sulfide) groups is 2. The molecule has 0 heterocycles. The highest BCUT2D eigenvalue weighted by Gasteiger charge is 2.20. The summed E-state index contributed by atoms with van der Waals surface area (Å²) in [5.41, 5.74) is 1.66. The first-order chi connectivity index (χ1) is 14.1. The summed E-state index contributed by atoms with van der Waals surface area (Å²) < 4.78 is 10.0. The molecule has 0 atom stereocenters. The monoisotopic (exact) mass is 528 g/mol. The molecular formula is C20H20Cl4O4S2. The molecule has 0 fully saturated rings. The van der Waals surface area contributed by atoms with Gasteiger partial charge in [-0.1, -0.05) is 59.6 Å². The molecule has 0 N–H and O–H groups in total. The zero-order valence-electron chi connectivity index (χ0n) is 16.4. The Morgan fingerprint density at radius 1 is 0.767 bits per heavy atom. The van der Waals surface area contributed by atoms with E-state index in [0.29, 0.717) is 33.8 Å². The van der Waals surface area contributed by atoms with Crippen LogP contribution in [0.4, 0.5) is 0 Å². The molecule has 10 heteroatoms. The van der Waals surface area contributed by atoms with Crippen molar-refractivity contribution in [3.05, 3.63) is 67.0 Å². The molecule has 4 nitrogen and oxygen atoms in total. The first-order valence-corrected chi connectivity index (χ1v) is 12.1. The van der Waals surface area contributed by atoms with Crippen LogP contribution in [-0.4, -0.2) is 36.7 Å². The Bertz CT molecular complexity index is 732. The minimum atomic E-state index is -0.440. The lowest BCUT2D eigenvalue weighted by Crippen LogP contribution is -2.07. The molecule has 0 amide bonds. The number of hydrogen-bond donors (Lipinski definition) is 0. The fraction of sp³-hybridized carbons (Fsp3) is 0.300. The second kappa shape index (κ2) is 13.8. The molecule has 1 aromatic rings. The standard InChI is InChI=1S/C20H20Cl4O4S2/c1-11(2)19(25)27-5-7-29-9-13-15(21)17(23)14(18(24)16(13)22)10-30-8-6-28-20(26)12(3)4/h9-10H,1,3,5-8H2,2,4H3. The lowest BCUT2D eigenvalue weighted by molar-refractivity contribution is -0.139. The molecule has 1 rings (SSSR count). The summed E-state index contributed by atoms with van der Waals surface area (Å²) in [5, 5.41) is 1.05. The number of carbonyl (C=O) groups excluding carboxylic acids is 2. The van der Waals surface area contributed by atoms with Crippen LogP contribution >= 0.6 is 69.9 Å².